The molecular weight excluding hydrogens is 484 g/mol. The van der Waals surface area contributed by atoms with Crippen LogP contribution in [-0.4, -0.2) is 28.9 Å². The van der Waals surface area contributed by atoms with Crippen LogP contribution in [-0.2, 0) is 9.59 Å². The Labute approximate surface area is 211 Å². The molecule has 8 heteroatoms. The molecule has 1 saturated heterocycles. The van der Waals surface area contributed by atoms with Crippen molar-refractivity contribution in [2.75, 3.05) is 12.0 Å². The predicted molar refractivity (Wildman–Crippen MR) is 138 cm³/mol. The molecule has 1 unspecified atom stereocenters. The molecule has 0 spiro atoms. The molecule has 4 aromatic rings. The second-order valence-corrected chi connectivity index (χ2v) is 9.82. The fraction of sp³-hybridized carbons (Fsp3) is 0.148. The van der Waals surface area contributed by atoms with Crippen molar-refractivity contribution in [3.63, 3.8) is 0 Å². The first kappa shape index (κ1) is 23.1. The Hall–Kier alpha value is -3.68. The van der Waals surface area contributed by atoms with Crippen molar-refractivity contribution >= 4 is 55.7 Å². The van der Waals surface area contributed by atoms with Gasteiger partial charge in [0.25, 0.3) is 5.78 Å². The quantitative estimate of drug-likeness (QED) is 0.203. The molecule has 1 aliphatic heterocycles. The fourth-order valence-corrected chi connectivity index (χ4v) is 5.51. The van der Waals surface area contributed by atoms with Crippen molar-refractivity contribution in [1.82, 2.24) is 4.98 Å². The summed E-state index contributed by atoms with van der Waals surface area (Å²) in [5.74, 6) is -1.12. The second kappa shape index (κ2) is 8.83. The first-order chi connectivity index (χ1) is 16.8. The van der Waals surface area contributed by atoms with E-state index in [0.717, 1.165) is 21.3 Å². The molecule has 0 aliphatic carbocycles. The van der Waals surface area contributed by atoms with E-state index in [0.29, 0.717) is 27.0 Å². The van der Waals surface area contributed by atoms with E-state index in [2.05, 4.69) is 4.98 Å². The topological polar surface area (TPSA) is 79.7 Å². The van der Waals surface area contributed by atoms with Gasteiger partial charge in [-0.05, 0) is 73.0 Å². The molecule has 1 amide bonds. The van der Waals surface area contributed by atoms with E-state index in [1.807, 2.05) is 32.0 Å². The zero-order chi connectivity index (χ0) is 24.9. The lowest BCUT2D eigenvalue weighted by Crippen LogP contribution is -2.29. The normalized spacial score (nSPS) is 17.4. The lowest BCUT2D eigenvalue weighted by atomic mass is 9.95. The van der Waals surface area contributed by atoms with E-state index >= 15 is 0 Å². The van der Waals surface area contributed by atoms with Gasteiger partial charge in [-0.15, -0.1) is 0 Å². The maximum Gasteiger partial charge on any atom is 0.301 e. The van der Waals surface area contributed by atoms with Crippen LogP contribution in [0.3, 0.4) is 0 Å². The van der Waals surface area contributed by atoms with E-state index in [-0.39, 0.29) is 11.3 Å². The van der Waals surface area contributed by atoms with Gasteiger partial charge in [0.1, 0.15) is 11.5 Å². The van der Waals surface area contributed by atoms with Crippen LogP contribution in [0.25, 0.3) is 16.0 Å². The van der Waals surface area contributed by atoms with Crippen LogP contribution in [0.5, 0.6) is 5.75 Å². The minimum atomic E-state index is -0.865. The number of fused-ring (bicyclic) bond motifs is 1. The number of ether oxygens (including phenoxy) is 1. The number of rotatable bonds is 4. The number of benzene rings is 3. The van der Waals surface area contributed by atoms with Gasteiger partial charge in [0.15, 0.2) is 5.13 Å². The highest BCUT2D eigenvalue weighted by atomic mass is 35.5. The van der Waals surface area contributed by atoms with Crippen LogP contribution in [0.4, 0.5) is 5.13 Å². The molecule has 1 aliphatic rings. The number of aliphatic hydroxyl groups excluding tert-OH is 1. The molecule has 35 heavy (non-hydrogen) atoms. The largest absolute Gasteiger partial charge is 0.507 e. The van der Waals surface area contributed by atoms with Crippen LogP contribution >= 0.6 is 22.9 Å². The number of carbonyl (C=O) groups is 2. The number of aryl methyl sites for hydroxylation is 2. The number of aromatic nitrogens is 1. The summed E-state index contributed by atoms with van der Waals surface area (Å²) in [4.78, 5) is 32.7. The number of halogens is 1. The van der Waals surface area contributed by atoms with E-state index in [1.165, 1.54) is 16.2 Å². The van der Waals surface area contributed by atoms with Gasteiger partial charge in [0, 0.05) is 10.6 Å². The SMILES string of the molecule is COc1ccc(/C(O)=C2\C(=O)C(=O)N(c3nc4ccc(C)cc4s3)C2c2ccc(Cl)cc2)cc1C. The molecule has 1 fully saturated rings. The van der Waals surface area contributed by atoms with Gasteiger partial charge in [-0.1, -0.05) is 41.1 Å². The van der Waals surface area contributed by atoms with Gasteiger partial charge in [0.05, 0.1) is 28.9 Å². The van der Waals surface area contributed by atoms with Crippen LogP contribution < -0.4 is 9.64 Å². The number of hydrogen-bond donors (Lipinski definition) is 1. The molecule has 0 radical (unpaired) electrons. The highest BCUT2D eigenvalue weighted by molar-refractivity contribution is 7.22. The van der Waals surface area contributed by atoms with Crippen molar-refractivity contribution in [2.24, 2.45) is 0 Å². The first-order valence-corrected chi connectivity index (χ1v) is 12.1. The Morgan fingerprint density at radius 1 is 1.06 bits per heavy atom. The summed E-state index contributed by atoms with van der Waals surface area (Å²) in [5.41, 5.74) is 3.64. The summed E-state index contributed by atoms with van der Waals surface area (Å²) in [6, 6.07) is 16.9. The number of carbonyl (C=O) groups excluding carboxylic acids is 2. The molecule has 6 nitrogen and oxygen atoms in total. The Morgan fingerprint density at radius 2 is 1.80 bits per heavy atom. The van der Waals surface area contributed by atoms with Crippen LogP contribution in [0.1, 0.15) is 28.3 Å². The first-order valence-electron chi connectivity index (χ1n) is 10.9. The Balaban J connectivity index is 1.72. The summed E-state index contributed by atoms with van der Waals surface area (Å²) in [5, 5.41) is 12.2. The molecule has 176 valence electrons. The van der Waals surface area contributed by atoms with Crippen LogP contribution in [0, 0.1) is 13.8 Å². The highest BCUT2D eigenvalue weighted by Crippen LogP contribution is 2.44. The minimum Gasteiger partial charge on any atom is -0.507 e. The van der Waals surface area contributed by atoms with Crippen molar-refractivity contribution < 1.29 is 19.4 Å². The number of aliphatic hydroxyl groups is 1. The average molecular weight is 505 g/mol. The molecule has 3 aromatic carbocycles. The van der Waals surface area contributed by atoms with E-state index in [1.54, 1.807) is 49.6 Å². The molecule has 0 saturated carbocycles. The zero-order valence-electron chi connectivity index (χ0n) is 19.2. The summed E-state index contributed by atoms with van der Waals surface area (Å²) in [6.45, 7) is 3.82. The number of nitrogens with zero attached hydrogens (tertiary/aromatic N) is 2. The van der Waals surface area contributed by atoms with Gasteiger partial charge in [-0.3, -0.25) is 14.5 Å². The lowest BCUT2D eigenvalue weighted by molar-refractivity contribution is -0.132. The minimum absolute atomic E-state index is 0.00248. The van der Waals surface area contributed by atoms with Gasteiger partial charge < -0.3 is 9.84 Å². The predicted octanol–water partition coefficient (Wildman–Crippen LogP) is 6.20. The number of anilines is 1. The molecule has 2 heterocycles. The number of hydrogen-bond acceptors (Lipinski definition) is 6. The monoisotopic (exact) mass is 504 g/mol. The molecule has 5 rings (SSSR count). The van der Waals surface area contributed by atoms with E-state index in [9.17, 15) is 14.7 Å². The van der Waals surface area contributed by atoms with Crippen LogP contribution in [0.2, 0.25) is 5.02 Å². The number of amides is 1. The summed E-state index contributed by atoms with van der Waals surface area (Å²) in [6.07, 6.45) is 0. The third-order valence-electron chi connectivity index (χ3n) is 6.04. The van der Waals surface area contributed by atoms with Gasteiger partial charge in [0.2, 0.25) is 0 Å². The highest BCUT2D eigenvalue weighted by Gasteiger charge is 2.48. The van der Waals surface area contributed by atoms with Crippen molar-refractivity contribution in [3.8, 4) is 5.75 Å². The third kappa shape index (κ3) is 3.96. The number of thiazole rings is 1. The Kier molecular flexibility index (Phi) is 5.83. The van der Waals surface area contributed by atoms with Gasteiger partial charge in [-0.25, -0.2) is 4.98 Å². The number of ketones is 1. The number of Topliss-reactive ketones (excluding diaryl/α,β-unsaturated/α-hetero) is 1. The standard InChI is InChI=1S/C27H21ClN2O4S/c1-14-4-10-19-21(12-14)35-27(29-19)30-23(16-5-8-18(28)9-6-16)22(25(32)26(30)33)24(31)17-7-11-20(34-3)15(2)13-17/h4-13,23,31H,1-3H3/b24-22+. The molecule has 0 bridgehead atoms. The summed E-state index contributed by atoms with van der Waals surface area (Å²) in [7, 11) is 1.56. The van der Waals surface area contributed by atoms with Gasteiger partial charge >= 0.3 is 5.91 Å². The molecule has 1 atom stereocenters. The molecule has 1 N–H and O–H groups in total. The Morgan fingerprint density at radius 3 is 2.49 bits per heavy atom. The maximum absolute atomic E-state index is 13.4. The lowest BCUT2D eigenvalue weighted by Gasteiger charge is -2.23. The zero-order valence-corrected chi connectivity index (χ0v) is 20.8. The maximum atomic E-state index is 13.4. The van der Waals surface area contributed by atoms with Crippen molar-refractivity contribution in [1.29, 1.82) is 0 Å². The fourth-order valence-electron chi connectivity index (χ4n) is 4.29. The smallest absolute Gasteiger partial charge is 0.301 e. The molecular formula is C27H21ClN2O4S. The van der Waals surface area contributed by atoms with E-state index in [4.69, 9.17) is 16.3 Å². The third-order valence-corrected chi connectivity index (χ3v) is 7.31. The van der Waals surface area contributed by atoms with E-state index < -0.39 is 17.7 Å². The summed E-state index contributed by atoms with van der Waals surface area (Å²) < 4.78 is 6.22. The number of methoxy groups -OCH3 is 1. The van der Waals surface area contributed by atoms with Gasteiger partial charge in [-0.2, -0.15) is 0 Å². The van der Waals surface area contributed by atoms with Crippen molar-refractivity contribution in [3.05, 3.63) is 93.5 Å². The average Bonchev–Trinajstić information content (AvgIpc) is 3.37. The second-order valence-electron chi connectivity index (χ2n) is 8.37. The van der Waals surface area contributed by atoms with Crippen molar-refractivity contribution in [2.45, 2.75) is 19.9 Å². The summed E-state index contributed by atoms with van der Waals surface area (Å²) >= 11 is 7.44. The Bertz CT molecular complexity index is 1520. The molecule has 1 aromatic heterocycles. The van der Waals surface area contributed by atoms with Crippen LogP contribution in [0.15, 0.2) is 66.2 Å².